The third-order valence-electron chi connectivity index (χ3n) is 5.03. The lowest BCUT2D eigenvalue weighted by molar-refractivity contribution is 0.0694. The monoisotopic (exact) mass is 401 g/mol. The van der Waals surface area contributed by atoms with Crippen LogP contribution in [0.25, 0.3) is 10.9 Å². The molecule has 9 nitrogen and oxygen atoms in total. The van der Waals surface area contributed by atoms with Crippen LogP contribution in [0.1, 0.15) is 29.7 Å². The molecule has 0 bridgehead atoms. The van der Waals surface area contributed by atoms with Crippen molar-refractivity contribution in [2.75, 3.05) is 24.2 Å². The van der Waals surface area contributed by atoms with Gasteiger partial charge in [-0.3, -0.25) is 4.79 Å². The number of aromatic carboxylic acids is 1. The van der Waals surface area contributed by atoms with E-state index in [9.17, 15) is 14.7 Å². The maximum Gasteiger partial charge on any atom is 0.341 e. The summed E-state index contributed by atoms with van der Waals surface area (Å²) < 4.78 is 24.3. The van der Waals surface area contributed by atoms with Gasteiger partial charge in [-0.15, -0.1) is 0 Å². The maximum atomic E-state index is 15.1. The van der Waals surface area contributed by atoms with Gasteiger partial charge in [0.1, 0.15) is 17.9 Å². The predicted molar refractivity (Wildman–Crippen MR) is 105 cm³/mol. The Bertz CT molecular complexity index is 1160. The van der Waals surface area contributed by atoms with Crippen LogP contribution in [-0.2, 0) is 6.54 Å². The number of nitrogens with two attached hydrogens (primary N) is 1. The molecule has 0 saturated heterocycles. The molecule has 152 valence electrons. The SMILES string of the molecule is CC1COc2c(NCCCn3ccnc3)c(F)c(N)c3c(=O)c(C(=O)O)cn1c23. The molecule has 3 aromatic rings. The number of halogens is 1. The number of hydrogen-bond donors (Lipinski definition) is 3. The number of aryl methyl sites for hydroxylation is 1. The van der Waals surface area contributed by atoms with Gasteiger partial charge in [0.25, 0.3) is 0 Å². The average Bonchev–Trinajstić information content (AvgIpc) is 3.20. The topological polar surface area (TPSA) is 124 Å². The average molecular weight is 401 g/mol. The molecule has 0 fully saturated rings. The van der Waals surface area contributed by atoms with Gasteiger partial charge in [0.05, 0.1) is 29.0 Å². The number of rotatable bonds is 6. The molecule has 10 heteroatoms. The zero-order valence-corrected chi connectivity index (χ0v) is 15.7. The Morgan fingerprint density at radius 3 is 3.00 bits per heavy atom. The fraction of sp³-hybridized carbons (Fsp3) is 0.316. The fourth-order valence-electron chi connectivity index (χ4n) is 3.55. The minimum Gasteiger partial charge on any atom is -0.487 e. The number of aromatic nitrogens is 3. The van der Waals surface area contributed by atoms with Crippen molar-refractivity contribution in [1.29, 1.82) is 0 Å². The van der Waals surface area contributed by atoms with Crippen molar-refractivity contribution in [3.63, 3.8) is 0 Å². The lowest BCUT2D eigenvalue weighted by atomic mass is 10.0. The molecule has 4 N–H and O–H groups in total. The number of pyridine rings is 1. The molecule has 0 spiro atoms. The van der Waals surface area contributed by atoms with Crippen molar-refractivity contribution in [2.45, 2.75) is 25.9 Å². The molecule has 0 saturated carbocycles. The van der Waals surface area contributed by atoms with Gasteiger partial charge in [-0.25, -0.2) is 14.2 Å². The molecule has 0 aliphatic carbocycles. The highest BCUT2D eigenvalue weighted by molar-refractivity contribution is 6.03. The van der Waals surface area contributed by atoms with Gasteiger partial charge >= 0.3 is 5.97 Å². The molecule has 0 radical (unpaired) electrons. The highest BCUT2D eigenvalue weighted by Gasteiger charge is 2.30. The Labute approximate surface area is 164 Å². The summed E-state index contributed by atoms with van der Waals surface area (Å²) in [4.78, 5) is 28.1. The van der Waals surface area contributed by atoms with E-state index in [0.717, 1.165) is 0 Å². The van der Waals surface area contributed by atoms with Gasteiger partial charge in [0.15, 0.2) is 11.6 Å². The van der Waals surface area contributed by atoms with E-state index in [1.165, 1.54) is 6.20 Å². The largest absolute Gasteiger partial charge is 0.487 e. The van der Waals surface area contributed by atoms with E-state index in [0.29, 0.717) is 25.0 Å². The Morgan fingerprint density at radius 2 is 2.31 bits per heavy atom. The van der Waals surface area contributed by atoms with Gasteiger partial charge in [0.2, 0.25) is 5.43 Å². The Hall–Kier alpha value is -3.56. The van der Waals surface area contributed by atoms with Crippen LogP contribution in [0.4, 0.5) is 15.8 Å². The molecule has 1 unspecified atom stereocenters. The molecular formula is C19H20FN5O4. The summed E-state index contributed by atoms with van der Waals surface area (Å²) >= 11 is 0. The van der Waals surface area contributed by atoms with E-state index in [1.54, 1.807) is 17.1 Å². The van der Waals surface area contributed by atoms with Crippen LogP contribution in [0.15, 0.2) is 29.7 Å². The second-order valence-corrected chi connectivity index (χ2v) is 6.98. The number of carbonyl (C=O) groups is 1. The molecule has 0 amide bonds. The molecule has 2 aromatic heterocycles. The Morgan fingerprint density at radius 1 is 1.52 bits per heavy atom. The summed E-state index contributed by atoms with van der Waals surface area (Å²) in [5.74, 6) is -2.04. The first-order chi connectivity index (χ1) is 13.9. The number of benzene rings is 1. The molecule has 29 heavy (non-hydrogen) atoms. The highest BCUT2D eigenvalue weighted by atomic mass is 19.1. The second-order valence-electron chi connectivity index (χ2n) is 6.98. The summed E-state index contributed by atoms with van der Waals surface area (Å²) in [6.45, 7) is 3.15. The zero-order valence-electron chi connectivity index (χ0n) is 15.7. The molecule has 4 rings (SSSR count). The van der Waals surface area contributed by atoms with Gasteiger partial charge in [-0.1, -0.05) is 0 Å². The smallest absolute Gasteiger partial charge is 0.341 e. The molecular weight excluding hydrogens is 381 g/mol. The summed E-state index contributed by atoms with van der Waals surface area (Å²) in [6, 6.07) is -0.248. The lowest BCUT2D eigenvalue weighted by Gasteiger charge is -2.29. The van der Waals surface area contributed by atoms with Crippen LogP contribution in [0.3, 0.4) is 0 Å². The third kappa shape index (κ3) is 3.06. The van der Waals surface area contributed by atoms with Crippen LogP contribution < -0.4 is 21.2 Å². The molecule has 1 atom stereocenters. The van der Waals surface area contributed by atoms with E-state index >= 15 is 4.39 Å². The van der Waals surface area contributed by atoms with Gasteiger partial charge < -0.3 is 30.0 Å². The normalized spacial score (nSPS) is 15.3. The van der Waals surface area contributed by atoms with E-state index in [2.05, 4.69) is 10.3 Å². The van der Waals surface area contributed by atoms with Gasteiger partial charge in [-0.2, -0.15) is 0 Å². The van der Waals surface area contributed by atoms with Gasteiger partial charge in [0, 0.05) is 31.7 Å². The number of nitrogens with one attached hydrogen (secondary N) is 1. The van der Waals surface area contributed by atoms with Crippen molar-refractivity contribution >= 4 is 28.2 Å². The van der Waals surface area contributed by atoms with Gasteiger partial charge in [-0.05, 0) is 13.3 Å². The van der Waals surface area contributed by atoms with Crippen molar-refractivity contribution in [3.8, 4) is 5.75 Å². The molecule has 3 heterocycles. The minimum atomic E-state index is -1.39. The van der Waals surface area contributed by atoms with Crippen LogP contribution >= 0.6 is 0 Å². The van der Waals surface area contributed by atoms with Crippen LogP contribution in [0.2, 0.25) is 0 Å². The van der Waals surface area contributed by atoms with Crippen LogP contribution in [0.5, 0.6) is 5.75 Å². The quantitative estimate of drug-likeness (QED) is 0.427. The summed E-state index contributed by atoms with van der Waals surface area (Å²) in [6.07, 6.45) is 7.17. The molecule has 1 aromatic carbocycles. The van der Waals surface area contributed by atoms with E-state index in [-0.39, 0.29) is 35.2 Å². The second kappa shape index (κ2) is 7.12. The predicted octanol–water partition coefficient (Wildman–Crippen LogP) is 2.07. The van der Waals surface area contributed by atoms with E-state index < -0.39 is 22.8 Å². The van der Waals surface area contributed by atoms with E-state index in [4.69, 9.17) is 10.5 Å². The Balaban J connectivity index is 1.79. The number of nitrogen functional groups attached to an aromatic ring is 1. The van der Waals surface area contributed by atoms with E-state index in [1.807, 2.05) is 17.7 Å². The number of nitrogens with zero attached hydrogens (tertiary/aromatic N) is 3. The van der Waals surface area contributed by atoms with Crippen molar-refractivity contribution in [2.24, 2.45) is 0 Å². The van der Waals surface area contributed by atoms with Crippen molar-refractivity contribution < 1.29 is 19.0 Å². The third-order valence-corrected chi connectivity index (χ3v) is 5.03. The first-order valence-corrected chi connectivity index (χ1v) is 9.15. The summed E-state index contributed by atoms with van der Waals surface area (Å²) in [7, 11) is 0. The number of carboxylic acid groups (broad SMARTS) is 1. The maximum absolute atomic E-state index is 15.1. The molecule has 1 aliphatic rings. The first kappa shape index (κ1) is 18.8. The Kier molecular flexibility index (Phi) is 4.61. The first-order valence-electron chi connectivity index (χ1n) is 9.15. The van der Waals surface area contributed by atoms with Crippen LogP contribution in [-0.4, -0.2) is 38.3 Å². The fourth-order valence-corrected chi connectivity index (χ4v) is 3.55. The number of hydrogen-bond acceptors (Lipinski definition) is 6. The zero-order chi connectivity index (χ0) is 20.7. The minimum absolute atomic E-state index is 0.0729. The van der Waals surface area contributed by atoms with Crippen molar-refractivity contribution in [1.82, 2.24) is 14.1 Å². The number of ether oxygens (including phenoxy) is 1. The van der Waals surface area contributed by atoms with Crippen molar-refractivity contribution in [3.05, 3.63) is 46.5 Å². The molecule has 1 aliphatic heterocycles. The summed E-state index contributed by atoms with van der Waals surface area (Å²) in [5.41, 5.74) is 4.65. The lowest BCUT2D eigenvalue weighted by Crippen LogP contribution is -2.28. The number of anilines is 2. The van der Waals surface area contributed by atoms with Crippen LogP contribution in [0, 0.1) is 5.82 Å². The highest BCUT2D eigenvalue weighted by Crippen LogP contribution is 2.43. The standard InChI is InChI=1S/C19H20FN5O4/c1-10-8-29-18-15(23-3-2-5-24-6-4-22-9-24)13(20)14(21)12-16(18)25(10)7-11(17(12)26)19(27)28/h4,6-7,9-10,23H,2-3,5,8,21H2,1H3,(H,27,28). The summed E-state index contributed by atoms with van der Waals surface area (Å²) in [5, 5.41) is 12.2. The number of imidazole rings is 1. The number of carboxylic acids is 1.